The van der Waals surface area contributed by atoms with Crippen LogP contribution in [-0.4, -0.2) is 18.2 Å². The maximum absolute atomic E-state index is 11.2. The Morgan fingerprint density at radius 2 is 2.27 bits per heavy atom. The van der Waals surface area contributed by atoms with Crippen LogP contribution in [0.2, 0.25) is 0 Å². The first-order chi connectivity index (χ1) is 7.13. The fourth-order valence-electron chi connectivity index (χ4n) is 1.29. The highest BCUT2D eigenvalue weighted by atomic mass is 79.9. The van der Waals surface area contributed by atoms with Gasteiger partial charge in [0.15, 0.2) is 5.75 Å². The topological polar surface area (TPSA) is 59.7 Å². The Morgan fingerprint density at radius 3 is 2.93 bits per heavy atom. The van der Waals surface area contributed by atoms with Gasteiger partial charge in [-0.2, -0.15) is 0 Å². The molecule has 0 unspecified atom stereocenters. The summed E-state index contributed by atoms with van der Waals surface area (Å²) in [6.07, 6.45) is 0. The van der Waals surface area contributed by atoms with Crippen LogP contribution in [0.3, 0.4) is 0 Å². The molecular formula is C10H7BrO4. The highest BCUT2D eigenvalue weighted by molar-refractivity contribution is 9.10. The molecular weight excluding hydrogens is 264 g/mol. The van der Waals surface area contributed by atoms with E-state index in [1.54, 1.807) is 18.2 Å². The summed E-state index contributed by atoms with van der Waals surface area (Å²) in [6, 6.07) is 5.07. The number of hydrogen-bond donors (Lipinski definition) is 1. The number of aromatic hydroxyl groups is 1. The molecule has 0 saturated carbocycles. The van der Waals surface area contributed by atoms with E-state index >= 15 is 0 Å². The molecule has 0 saturated heterocycles. The van der Waals surface area contributed by atoms with Crippen molar-refractivity contribution in [2.24, 2.45) is 0 Å². The van der Waals surface area contributed by atoms with Gasteiger partial charge in [0.1, 0.15) is 5.58 Å². The van der Waals surface area contributed by atoms with Gasteiger partial charge in [0.2, 0.25) is 0 Å². The van der Waals surface area contributed by atoms with E-state index in [4.69, 9.17) is 4.42 Å². The quantitative estimate of drug-likeness (QED) is 0.810. The number of carbonyl (C=O) groups excluding carboxylic acids is 1. The summed E-state index contributed by atoms with van der Waals surface area (Å²) in [5.74, 6) is -1.06. The first-order valence-corrected chi connectivity index (χ1v) is 4.92. The van der Waals surface area contributed by atoms with Crippen molar-refractivity contribution in [3.05, 3.63) is 28.4 Å². The predicted octanol–water partition coefficient (Wildman–Crippen LogP) is 2.69. The van der Waals surface area contributed by atoms with Gasteiger partial charge in [-0.3, -0.25) is 0 Å². The molecule has 5 heteroatoms. The number of methoxy groups -OCH3 is 1. The number of carbonyl (C=O) groups is 1. The lowest BCUT2D eigenvalue weighted by Gasteiger charge is -1.93. The highest BCUT2D eigenvalue weighted by Crippen LogP contribution is 2.33. The van der Waals surface area contributed by atoms with Crippen LogP contribution in [0.1, 0.15) is 10.6 Å². The molecule has 0 bridgehead atoms. The minimum atomic E-state index is -0.695. The van der Waals surface area contributed by atoms with E-state index in [2.05, 4.69) is 20.7 Å². The molecule has 0 fully saturated rings. The van der Waals surface area contributed by atoms with Gasteiger partial charge in [0.25, 0.3) is 5.76 Å². The van der Waals surface area contributed by atoms with Gasteiger partial charge < -0.3 is 14.3 Å². The minimum Gasteiger partial charge on any atom is -0.504 e. The SMILES string of the molecule is COC(=O)c1oc2cc(Br)ccc2c1O. The smallest absolute Gasteiger partial charge is 0.377 e. The molecule has 78 valence electrons. The highest BCUT2D eigenvalue weighted by Gasteiger charge is 2.20. The third-order valence-electron chi connectivity index (χ3n) is 2.00. The standard InChI is InChI=1S/C10H7BrO4/c1-14-10(13)9-8(12)6-3-2-5(11)4-7(6)15-9/h2-4,12H,1H3. The Bertz CT molecular complexity index is 529. The van der Waals surface area contributed by atoms with Gasteiger partial charge in [-0.25, -0.2) is 4.79 Å². The lowest BCUT2D eigenvalue weighted by molar-refractivity contribution is 0.0563. The Hall–Kier alpha value is -1.49. The molecule has 0 radical (unpaired) electrons. The minimum absolute atomic E-state index is 0.175. The average Bonchev–Trinajstić information content (AvgIpc) is 2.54. The summed E-state index contributed by atoms with van der Waals surface area (Å²) in [5.41, 5.74) is 0.433. The zero-order chi connectivity index (χ0) is 11.0. The number of fused-ring (bicyclic) bond motifs is 1. The van der Waals surface area contributed by atoms with Crippen molar-refractivity contribution in [3.63, 3.8) is 0 Å². The van der Waals surface area contributed by atoms with E-state index in [0.29, 0.717) is 11.0 Å². The van der Waals surface area contributed by atoms with Crippen LogP contribution in [0, 0.1) is 0 Å². The van der Waals surface area contributed by atoms with Crippen LogP contribution in [0.15, 0.2) is 27.1 Å². The molecule has 4 nitrogen and oxygen atoms in total. The second kappa shape index (κ2) is 3.58. The molecule has 2 rings (SSSR count). The first kappa shape index (κ1) is 10.0. The molecule has 0 aliphatic heterocycles. The fraction of sp³-hybridized carbons (Fsp3) is 0.100. The third-order valence-corrected chi connectivity index (χ3v) is 2.49. The largest absolute Gasteiger partial charge is 0.504 e. The van der Waals surface area contributed by atoms with E-state index in [1.165, 1.54) is 7.11 Å². The zero-order valence-corrected chi connectivity index (χ0v) is 9.37. The normalized spacial score (nSPS) is 10.5. The van der Waals surface area contributed by atoms with Crippen molar-refractivity contribution in [1.29, 1.82) is 0 Å². The summed E-state index contributed by atoms with van der Waals surface area (Å²) in [6.45, 7) is 0. The van der Waals surface area contributed by atoms with Crippen molar-refractivity contribution in [3.8, 4) is 5.75 Å². The molecule has 0 aliphatic rings. The van der Waals surface area contributed by atoms with E-state index in [0.717, 1.165) is 4.47 Å². The average molecular weight is 271 g/mol. The Balaban J connectivity index is 2.69. The summed E-state index contributed by atoms with van der Waals surface area (Å²) in [5, 5.41) is 10.2. The van der Waals surface area contributed by atoms with E-state index < -0.39 is 5.97 Å². The van der Waals surface area contributed by atoms with Gasteiger partial charge in [0.05, 0.1) is 12.5 Å². The number of ether oxygens (including phenoxy) is 1. The maximum atomic E-state index is 11.2. The number of halogens is 1. The second-order valence-corrected chi connectivity index (χ2v) is 3.83. The van der Waals surface area contributed by atoms with Crippen LogP contribution in [0.5, 0.6) is 5.75 Å². The Kier molecular flexibility index (Phi) is 2.40. The van der Waals surface area contributed by atoms with Crippen molar-refractivity contribution in [2.45, 2.75) is 0 Å². The van der Waals surface area contributed by atoms with Crippen LogP contribution in [0.25, 0.3) is 11.0 Å². The van der Waals surface area contributed by atoms with Crippen molar-refractivity contribution < 1.29 is 19.1 Å². The summed E-state index contributed by atoms with van der Waals surface area (Å²) >= 11 is 3.26. The van der Waals surface area contributed by atoms with Crippen LogP contribution in [-0.2, 0) is 4.74 Å². The number of hydrogen-bond acceptors (Lipinski definition) is 4. The van der Waals surface area contributed by atoms with Crippen LogP contribution in [0.4, 0.5) is 0 Å². The Morgan fingerprint density at radius 1 is 1.53 bits per heavy atom. The van der Waals surface area contributed by atoms with Gasteiger partial charge in [-0.05, 0) is 18.2 Å². The molecule has 2 aromatic rings. The molecule has 0 aliphatic carbocycles. The van der Waals surface area contributed by atoms with Gasteiger partial charge in [-0.15, -0.1) is 0 Å². The summed E-state index contributed by atoms with van der Waals surface area (Å²) in [7, 11) is 1.23. The lowest BCUT2D eigenvalue weighted by Crippen LogP contribution is -1.98. The van der Waals surface area contributed by atoms with E-state index in [9.17, 15) is 9.90 Å². The molecule has 1 aromatic carbocycles. The molecule has 15 heavy (non-hydrogen) atoms. The fourth-order valence-corrected chi connectivity index (χ4v) is 1.63. The second-order valence-electron chi connectivity index (χ2n) is 2.91. The van der Waals surface area contributed by atoms with Gasteiger partial charge >= 0.3 is 5.97 Å². The monoisotopic (exact) mass is 270 g/mol. The van der Waals surface area contributed by atoms with E-state index in [1.807, 2.05) is 0 Å². The molecule has 0 atom stereocenters. The van der Waals surface area contributed by atoms with Crippen molar-refractivity contribution >= 4 is 32.9 Å². The summed E-state index contributed by atoms with van der Waals surface area (Å²) in [4.78, 5) is 11.2. The summed E-state index contributed by atoms with van der Waals surface area (Å²) < 4.78 is 10.5. The number of esters is 1. The number of furan rings is 1. The van der Waals surface area contributed by atoms with Crippen LogP contribution < -0.4 is 0 Å². The van der Waals surface area contributed by atoms with Crippen molar-refractivity contribution in [1.82, 2.24) is 0 Å². The van der Waals surface area contributed by atoms with Gasteiger partial charge in [-0.1, -0.05) is 15.9 Å². The van der Waals surface area contributed by atoms with Crippen LogP contribution >= 0.6 is 15.9 Å². The lowest BCUT2D eigenvalue weighted by atomic mass is 10.2. The zero-order valence-electron chi connectivity index (χ0n) is 7.78. The van der Waals surface area contributed by atoms with E-state index in [-0.39, 0.29) is 11.5 Å². The van der Waals surface area contributed by atoms with Gasteiger partial charge in [0, 0.05) is 4.47 Å². The molecule has 0 amide bonds. The number of rotatable bonds is 1. The molecule has 0 spiro atoms. The Labute approximate surface area is 93.6 Å². The maximum Gasteiger partial charge on any atom is 0.377 e. The van der Waals surface area contributed by atoms with Crippen molar-refractivity contribution in [2.75, 3.05) is 7.11 Å². The third kappa shape index (κ3) is 1.59. The molecule has 1 N–H and O–H groups in total. The number of benzene rings is 1. The molecule has 1 heterocycles. The molecule has 1 aromatic heterocycles. The predicted molar refractivity (Wildman–Crippen MR) is 56.9 cm³/mol. The first-order valence-electron chi connectivity index (χ1n) is 4.13.